The Bertz CT molecular complexity index is 670. The number of benzene rings is 1. The van der Waals surface area contributed by atoms with Crippen LogP contribution in [0.25, 0.3) is 0 Å². The molecule has 2 heterocycles. The van der Waals surface area contributed by atoms with Crippen LogP contribution in [0.4, 0.5) is 10.5 Å². The summed E-state index contributed by atoms with van der Waals surface area (Å²) >= 11 is 0. The van der Waals surface area contributed by atoms with Crippen molar-refractivity contribution in [2.24, 2.45) is 0 Å². The van der Waals surface area contributed by atoms with Crippen LogP contribution in [0.1, 0.15) is 30.6 Å². The molecule has 2 aromatic rings. The van der Waals surface area contributed by atoms with Crippen molar-refractivity contribution in [2.45, 2.75) is 25.8 Å². The summed E-state index contributed by atoms with van der Waals surface area (Å²) in [5, 5.41) is 6.68. The minimum Gasteiger partial charge on any atom is -0.497 e. The van der Waals surface area contributed by atoms with E-state index >= 15 is 0 Å². The summed E-state index contributed by atoms with van der Waals surface area (Å²) < 4.78 is 10.4. The van der Waals surface area contributed by atoms with Gasteiger partial charge in [-0.15, -0.1) is 0 Å². The van der Waals surface area contributed by atoms with Crippen molar-refractivity contribution >= 4 is 11.7 Å². The Morgan fingerprint density at radius 2 is 2.36 bits per heavy atom. The van der Waals surface area contributed by atoms with Gasteiger partial charge in [0.15, 0.2) is 5.82 Å². The van der Waals surface area contributed by atoms with Gasteiger partial charge in [0.05, 0.1) is 7.11 Å². The lowest BCUT2D eigenvalue weighted by Crippen LogP contribution is -2.34. The Morgan fingerprint density at radius 1 is 1.50 bits per heavy atom. The second-order valence-corrected chi connectivity index (χ2v) is 5.19. The lowest BCUT2D eigenvalue weighted by atomic mass is 10.2. The van der Waals surface area contributed by atoms with Crippen LogP contribution >= 0.6 is 0 Å². The predicted octanol–water partition coefficient (Wildman–Crippen LogP) is 2.76. The molecule has 116 valence electrons. The monoisotopic (exact) mass is 302 g/mol. The minimum absolute atomic E-state index is 0.160. The molecule has 3 rings (SSSR count). The number of nitrogens with zero attached hydrogens (tertiary/aromatic N) is 3. The molecule has 0 radical (unpaired) electrons. The van der Waals surface area contributed by atoms with Crippen molar-refractivity contribution in [1.29, 1.82) is 0 Å². The fraction of sp³-hybridized carbons (Fsp3) is 0.400. The van der Waals surface area contributed by atoms with Crippen molar-refractivity contribution in [3.63, 3.8) is 0 Å². The van der Waals surface area contributed by atoms with Gasteiger partial charge in [-0.1, -0.05) is 11.2 Å². The number of anilines is 1. The Morgan fingerprint density at radius 3 is 3.09 bits per heavy atom. The number of aryl methyl sites for hydroxylation is 1. The summed E-state index contributed by atoms with van der Waals surface area (Å²) in [6, 6.07) is 6.92. The number of methoxy groups -OCH3 is 1. The molecule has 22 heavy (non-hydrogen) atoms. The van der Waals surface area contributed by atoms with Gasteiger partial charge >= 0.3 is 6.03 Å². The third-order valence-electron chi connectivity index (χ3n) is 3.66. The van der Waals surface area contributed by atoms with E-state index < -0.39 is 0 Å². The minimum atomic E-state index is -0.174. The van der Waals surface area contributed by atoms with Crippen molar-refractivity contribution in [1.82, 2.24) is 15.0 Å². The maximum absolute atomic E-state index is 12.5. The van der Waals surface area contributed by atoms with Crippen LogP contribution in [0.3, 0.4) is 0 Å². The summed E-state index contributed by atoms with van der Waals surface area (Å²) in [6.07, 6.45) is 1.74. The van der Waals surface area contributed by atoms with Gasteiger partial charge in [0.2, 0.25) is 5.89 Å². The van der Waals surface area contributed by atoms with Crippen molar-refractivity contribution in [3.05, 3.63) is 36.0 Å². The third-order valence-corrected chi connectivity index (χ3v) is 3.66. The third kappa shape index (κ3) is 2.88. The van der Waals surface area contributed by atoms with E-state index in [1.54, 1.807) is 25.0 Å². The van der Waals surface area contributed by atoms with E-state index in [4.69, 9.17) is 9.26 Å². The molecule has 2 amide bonds. The number of likely N-dealkylation sites (tertiary alicyclic amines) is 1. The molecular weight excluding hydrogens is 284 g/mol. The van der Waals surface area contributed by atoms with Gasteiger partial charge in [0, 0.05) is 18.3 Å². The molecule has 0 aliphatic carbocycles. The van der Waals surface area contributed by atoms with Crippen molar-refractivity contribution in [3.8, 4) is 5.75 Å². The van der Waals surface area contributed by atoms with Crippen LogP contribution in [0.15, 0.2) is 28.8 Å². The first-order chi connectivity index (χ1) is 10.7. The molecule has 1 saturated heterocycles. The Kier molecular flexibility index (Phi) is 3.95. The average molecular weight is 302 g/mol. The number of carbonyl (C=O) groups excluding carboxylic acids is 1. The number of carbonyl (C=O) groups is 1. The Balaban J connectivity index is 1.73. The molecule has 1 fully saturated rings. The largest absolute Gasteiger partial charge is 0.497 e. The van der Waals surface area contributed by atoms with Crippen LogP contribution in [-0.4, -0.2) is 34.7 Å². The van der Waals surface area contributed by atoms with Gasteiger partial charge in [-0.05, 0) is 31.9 Å². The smallest absolute Gasteiger partial charge is 0.322 e. The normalized spacial score (nSPS) is 17.5. The SMILES string of the molecule is COc1cccc(NC(=O)N2CCCC2c2nc(C)no2)c1. The first-order valence-electron chi connectivity index (χ1n) is 7.19. The molecule has 1 N–H and O–H groups in total. The summed E-state index contributed by atoms with van der Waals surface area (Å²) in [4.78, 5) is 18.5. The Labute approximate surface area is 128 Å². The van der Waals surface area contributed by atoms with Crippen LogP contribution in [-0.2, 0) is 0 Å². The van der Waals surface area contributed by atoms with Gasteiger partial charge in [-0.2, -0.15) is 4.98 Å². The first-order valence-corrected chi connectivity index (χ1v) is 7.19. The summed E-state index contributed by atoms with van der Waals surface area (Å²) in [5.41, 5.74) is 0.691. The van der Waals surface area contributed by atoms with Gasteiger partial charge in [-0.25, -0.2) is 4.79 Å². The molecule has 1 aliphatic rings. The van der Waals surface area contributed by atoms with Gasteiger partial charge in [-0.3, -0.25) is 0 Å². The van der Waals surface area contributed by atoms with Crippen LogP contribution in [0, 0.1) is 6.92 Å². The lowest BCUT2D eigenvalue weighted by Gasteiger charge is -2.22. The van der Waals surface area contributed by atoms with Crippen molar-refractivity contribution < 1.29 is 14.1 Å². The highest BCUT2D eigenvalue weighted by Crippen LogP contribution is 2.31. The fourth-order valence-electron chi connectivity index (χ4n) is 2.61. The topological polar surface area (TPSA) is 80.5 Å². The maximum Gasteiger partial charge on any atom is 0.322 e. The van der Waals surface area contributed by atoms with E-state index in [1.807, 2.05) is 18.2 Å². The fourth-order valence-corrected chi connectivity index (χ4v) is 2.61. The van der Waals surface area contributed by atoms with E-state index in [1.165, 1.54) is 0 Å². The maximum atomic E-state index is 12.5. The molecule has 7 heteroatoms. The van der Waals surface area contributed by atoms with Crippen LogP contribution < -0.4 is 10.1 Å². The van der Waals surface area contributed by atoms with Crippen LogP contribution in [0.2, 0.25) is 0 Å². The highest BCUT2D eigenvalue weighted by atomic mass is 16.5. The van der Waals surface area contributed by atoms with E-state index in [9.17, 15) is 4.79 Å². The van der Waals surface area contributed by atoms with E-state index in [2.05, 4.69) is 15.5 Å². The van der Waals surface area contributed by atoms with Crippen molar-refractivity contribution in [2.75, 3.05) is 19.0 Å². The predicted molar refractivity (Wildman–Crippen MR) is 79.7 cm³/mol. The molecule has 1 unspecified atom stereocenters. The highest BCUT2D eigenvalue weighted by Gasteiger charge is 2.33. The summed E-state index contributed by atoms with van der Waals surface area (Å²) in [5.74, 6) is 1.77. The molecule has 1 aromatic heterocycles. The van der Waals surface area contributed by atoms with E-state index in [0.29, 0.717) is 29.7 Å². The van der Waals surface area contributed by atoms with Gasteiger partial charge < -0.3 is 19.5 Å². The molecule has 0 bridgehead atoms. The zero-order valence-corrected chi connectivity index (χ0v) is 12.6. The number of hydrogen-bond acceptors (Lipinski definition) is 5. The molecule has 0 spiro atoms. The molecule has 1 atom stereocenters. The van der Waals surface area contributed by atoms with E-state index in [0.717, 1.165) is 12.8 Å². The zero-order valence-electron chi connectivity index (χ0n) is 12.6. The zero-order chi connectivity index (χ0) is 15.5. The van der Waals surface area contributed by atoms with Gasteiger partial charge in [0.1, 0.15) is 11.8 Å². The quantitative estimate of drug-likeness (QED) is 0.943. The molecule has 1 aromatic carbocycles. The number of aromatic nitrogens is 2. The first kappa shape index (κ1) is 14.4. The van der Waals surface area contributed by atoms with Crippen LogP contribution in [0.5, 0.6) is 5.75 Å². The molecule has 7 nitrogen and oxygen atoms in total. The summed E-state index contributed by atoms with van der Waals surface area (Å²) in [6.45, 7) is 2.44. The summed E-state index contributed by atoms with van der Waals surface area (Å²) in [7, 11) is 1.59. The number of hydrogen-bond donors (Lipinski definition) is 1. The standard InChI is InChI=1S/C15H18N4O3/c1-10-16-14(22-18-10)13-7-4-8-19(13)15(20)17-11-5-3-6-12(9-11)21-2/h3,5-6,9,13H,4,7-8H2,1-2H3,(H,17,20). The number of nitrogens with one attached hydrogen (secondary N) is 1. The number of rotatable bonds is 3. The number of amides is 2. The second-order valence-electron chi connectivity index (χ2n) is 5.19. The number of urea groups is 1. The number of ether oxygens (including phenoxy) is 1. The second kappa shape index (κ2) is 6.05. The molecular formula is C15H18N4O3. The van der Waals surface area contributed by atoms with E-state index in [-0.39, 0.29) is 12.1 Å². The molecule has 1 aliphatic heterocycles. The molecule has 0 saturated carbocycles. The Hall–Kier alpha value is -2.57. The van der Waals surface area contributed by atoms with Gasteiger partial charge in [0.25, 0.3) is 0 Å². The average Bonchev–Trinajstić information content (AvgIpc) is 3.15. The lowest BCUT2D eigenvalue weighted by molar-refractivity contribution is 0.193. The highest BCUT2D eigenvalue weighted by molar-refractivity contribution is 5.90.